The molecule has 1 aliphatic heterocycles. The van der Waals surface area contributed by atoms with Crippen LogP contribution in [0.15, 0.2) is 47.4 Å². The second kappa shape index (κ2) is 11.3. The van der Waals surface area contributed by atoms with Crippen molar-refractivity contribution in [3.63, 3.8) is 0 Å². The molecule has 1 heterocycles. The molecule has 0 aliphatic carbocycles. The van der Waals surface area contributed by atoms with Crippen molar-refractivity contribution in [3.8, 4) is 0 Å². The minimum Gasteiger partial charge on any atom is -0.456 e. The number of anilines is 1. The number of benzene rings is 2. The minimum absolute atomic E-state index is 0.128. The lowest BCUT2D eigenvalue weighted by Gasteiger charge is -2.26. The summed E-state index contributed by atoms with van der Waals surface area (Å²) in [5.74, 6) is -2.18. The number of amides is 1. The maximum absolute atomic E-state index is 13.0. The van der Waals surface area contributed by atoms with Crippen LogP contribution in [-0.4, -0.2) is 50.1 Å². The zero-order chi connectivity index (χ0) is 24.7. The van der Waals surface area contributed by atoms with Crippen molar-refractivity contribution in [3.05, 3.63) is 59.4 Å². The number of hydrogen-bond donors (Lipinski definition) is 1. The van der Waals surface area contributed by atoms with Crippen LogP contribution in [0.3, 0.4) is 0 Å². The monoisotopic (exact) mass is 490 g/mol. The van der Waals surface area contributed by atoms with Crippen LogP contribution >= 0.6 is 0 Å². The number of Topliss-reactive ketones (excluding diaryl/α,β-unsaturated/α-hetero) is 1. The number of nitrogens with one attached hydrogen (secondary N) is 1. The summed E-state index contributed by atoms with van der Waals surface area (Å²) < 4.78 is 45.3. The number of nitrogens with zero attached hydrogens (tertiary/aromatic N) is 1. The average molecular weight is 491 g/mol. The maximum atomic E-state index is 13.0. The van der Waals surface area contributed by atoms with E-state index >= 15 is 0 Å². The number of rotatable bonds is 9. The molecule has 0 atom stereocenters. The third-order valence-electron chi connectivity index (χ3n) is 5.49. The van der Waals surface area contributed by atoms with Crippen molar-refractivity contribution < 1.29 is 31.9 Å². The Bertz CT molecular complexity index is 1160. The topological polar surface area (TPSA) is 110 Å². The maximum Gasteiger partial charge on any atom is 0.306 e. The number of piperidine rings is 1. The molecule has 182 valence electrons. The predicted molar refractivity (Wildman–Crippen MR) is 123 cm³/mol. The van der Waals surface area contributed by atoms with Crippen LogP contribution in [0.1, 0.15) is 48.0 Å². The number of halogens is 1. The van der Waals surface area contributed by atoms with E-state index in [1.165, 1.54) is 22.5 Å². The van der Waals surface area contributed by atoms with Crippen molar-refractivity contribution in [2.24, 2.45) is 0 Å². The minimum atomic E-state index is -3.67. The van der Waals surface area contributed by atoms with Crippen LogP contribution in [0.25, 0.3) is 0 Å². The standard InChI is InChI=1S/C24H27FN2O6S/c1-17-5-10-20(15-22(17)34(31,32)27-13-3-2-4-14-27)26-23(29)16-33-24(30)12-11-21(28)18-6-8-19(25)9-7-18/h5-10,15H,2-4,11-14,16H2,1H3,(H,26,29). The van der Waals surface area contributed by atoms with Crippen molar-refractivity contribution in [1.82, 2.24) is 4.31 Å². The summed E-state index contributed by atoms with van der Waals surface area (Å²) in [5, 5.41) is 2.53. The summed E-state index contributed by atoms with van der Waals surface area (Å²) in [6, 6.07) is 9.56. The van der Waals surface area contributed by atoms with Gasteiger partial charge in [0.15, 0.2) is 12.4 Å². The fourth-order valence-electron chi connectivity index (χ4n) is 3.61. The van der Waals surface area contributed by atoms with Crippen molar-refractivity contribution in [2.45, 2.75) is 43.9 Å². The van der Waals surface area contributed by atoms with Crippen LogP contribution in [0.5, 0.6) is 0 Å². The van der Waals surface area contributed by atoms with Gasteiger partial charge in [-0.25, -0.2) is 12.8 Å². The summed E-state index contributed by atoms with van der Waals surface area (Å²) >= 11 is 0. The van der Waals surface area contributed by atoms with E-state index in [1.807, 2.05) is 0 Å². The first kappa shape index (κ1) is 25.5. The molecule has 0 saturated carbocycles. The van der Waals surface area contributed by atoms with Gasteiger partial charge in [0.25, 0.3) is 5.91 Å². The molecule has 1 amide bonds. The lowest BCUT2D eigenvalue weighted by molar-refractivity contribution is -0.147. The molecule has 1 saturated heterocycles. The van der Waals surface area contributed by atoms with E-state index in [9.17, 15) is 27.2 Å². The largest absolute Gasteiger partial charge is 0.456 e. The smallest absolute Gasteiger partial charge is 0.306 e. The second-order valence-electron chi connectivity index (χ2n) is 8.08. The fourth-order valence-corrected chi connectivity index (χ4v) is 5.38. The van der Waals surface area contributed by atoms with Gasteiger partial charge >= 0.3 is 5.97 Å². The van der Waals surface area contributed by atoms with E-state index in [0.29, 0.717) is 18.7 Å². The molecular formula is C24H27FN2O6S. The van der Waals surface area contributed by atoms with Gasteiger partial charge in [0.05, 0.1) is 11.3 Å². The highest BCUT2D eigenvalue weighted by Gasteiger charge is 2.27. The van der Waals surface area contributed by atoms with Gasteiger partial charge in [0.2, 0.25) is 10.0 Å². The molecule has 10 heteroatoms. The van der Waals surface area contributed by atoms with Crippen molar-refractivity contribution >= 4 is 33.4 Å². The summed E-state index contributed by atoms with van der Waals surface area (Å²) in [5.41, 5.74) is 1.12. The first-order chi connectivity index (χ1) is 16.2. The Balaban J connectivity index is 1.51. The number of ether oxygens (including phenoxy) is 1. The summed E-state index contributed by atoms with van der Waals surface area (Å²) in [4.78, 5) is 36.3. The number of carbonyl (C=O) groups is 3. The second-order valence-corrected chi connectivity index (χ2v) is 9.99. The van der Waals surface area contributed by atoms with Crippen LogP contribution in [0, 0.1) is 12.7 Å². The lowest BCUT2D eigenvalue weighted by atomic mass is 10.1. The fraction of sp³-hybridized carbons (Fsp3) is 0.375. The molecule has 0 unspecified atom stereocenters. The quantitative estimate of drug-likeness (QED) is 0.426. The van der Waals surface area contributed by atoms with E-state index in [2.05, 4.69) is 5.32 Å². The van der Waals surface area contributed by atoms with Gasteiger partial charge in [-0.15, -0.1) is 0 Å². The van der Waals surface area contributed by atoms with Crippen molar-refractivity contribution in [2.75, 3.05) is 25.0 Å². The number of aryl methyl sites for hydroxylation is 1. The number of hydrogen-bond acceptors (Lipinski definition) is 6. The Kier molecular flexibility index (Phi) is 8.51. The van der Waals surface area contributed by atoms with E-state index in [4.69, 9.17) is 4.74 Å². The van der Waals surface area contributed by atoms with E-state index in [1.54, 1.807) is 19.1 Å². The Labute approximate surface area is 198 Å². The van der Waals surface area contributed by atoms with Crippen LogP contribution < -0.4 is 5.32 Å². The molecule has 2 aromatic carbocycles. The third kappa shape index (κ3) is 6.71. The number of sulfonamides is 1. The summed E-state index contributed by atoms with van der Waals surface area (Å²) in [6.45, 7) is 2.05. The van der Waals surface area contributed by atoms with Gasteiger partial charge in [-0.2, -0.15) is 4.31 Å². The van der Waals surface area contributed by atoms with Crippen LogP contribution in [0.4, 0.5) is 10.1 Å². The van der Waals surface area contributed by atoms with Gasteiger partial charge in [-0.05, 0) is 61.7 Å². The Morgan fingerprint density at radius 3 is 2.35 bits per heavy atom. The highest BCUT2D eigenvalue weighted by molar-refractivity contribution is 7.89. The van der Waals surface area contributed by atoms with Gasteiger partial charge in [0, 0.05) is 30.8 Å². The average Bonchev–Trinajstić information content (AvgIpc) is 2.83. The molecule has 1 fully saturated rings. The molecule has 0 aromatic heterocycles. The molecule has 1 aliphatic rings. The molecular weight excluding hydrogens is 463 g/mol. The Morgan fingerprint density at radius 2 is 1.68 bits per heavy atom. The zero-order valence-electron chi connectivity index (χ0n) is 18.9. The summed E-state index contributed by atoms with van der Waals surface area (Å²) in [6.07, 6.45) is 2.26. The third-order valence-corrected chi connectivity index (χ3v) is 7.53. The van der Waals surface area contributed by atoms with Crippen molar-refractivity contribution in [1.29, 1.82) is 0 Å². The SMILES string of the molecule is Cc1ccc(NC(=O)COC(=O)CCC(=O)c2ccc(F)cc2)cc1S(=O)(=O)N1CCCCC1. The zero-order valence-corrected chi connectivity index (χ0v) is 19.7. The van der Waals surface area contributed by atoms with Crippen LogP contribution in [0.2, 0.25) is 0 Å². The molecule has 0 bridgehead atoms. The molecule has 2 aromatic rings. The number of ketones is 1. The predicted octanol–water partition coefficient (Wildman–Crippen LogP) is 3.45. The first-order valence-corrected chi connectivity index (χ1v) is 12.5. The first-order valence-electron chi connectivity index (χ1n) is 11.0. The highest BCUT2D eigenvalue weighted by Crippen LogP contribution is 2.26. The van der Waals surface area contributed by atoms with Gasteiger partial charge in [-0.3, -0.25) is 14.4 Å². The summed E-state index contributed by atoms with van der Waals surface area (Å²) in [7, 11) is -3.67. The molecule has 8 nitrogen and oxygen atoms in total. The van der Waals surface area contributed by atoms with E-state index in [0.717, 1.165) is 31.4 Å². The molecule has 34 heavy (non-hydrogen) atoms. The Hall–Kier alpha value is -3.11. The molecule has 3 rings (SSSR count). The van der Waals surface area contributed by atoms with Gasteiger partial charge in [-0.1, -0.05) is 12.5 Å². The number of carbonyl (C=O) groups excluding carboxylic acids is 3. The van der Waals surface area contributed by atoms with Crippen LogP contribution in [-0.2, 0) is 24.3 Å². The molecule has 0 radical (unpaired) electrons. The van der Waals surface area contributed by atoms with Gasteiger partial charge in [0.1, 0.15) is 5.82 Å². The number of esters is 1. The normalized spacial score (nSPS) is 14.4. The lowest BCUT2D eigenvalue weighted by Crippen LogP contribution is -2.36. The van der Waals surface area contributed by atoms with E-state index in [-0.39, 0.29) is 34.8 Å². The molecule has 0 spiro atoms. The molecule has 1 N–H and O–H groups in total. The van der Waals surface area contributed by atoms with Gasteiger partial charge < -0.3 is 10.1 Å². The Morgan fingerprint density at radius 1 is 1.00 bits per heavy atom. The highest BCUT2D eigenvalue weighted by atomic mass is 32.2. The van der Waals surface area contributed by atoms with E-state index < -0.39 is 34.3 Å².